The highest BCUT2D eigenvalue weighted by molar-refractivity contribution is 14.1. The Bertz CT molecular complexity index is 922. The highest BCUT2D eigenvalue weighted by atomic mass is 127. The first-order chi connectivity index (χ1) is 11.4. The van der Waals surface area contributed by atoms with Gasteiger partial charge < -0.3 is 4.74 Å². The number of rotatable bonds is 1. The number of methoxy groups -OCH3 is 1. The number of ketones is 1. The van der Waals surface area contributed by atoms with Crippen molar-refractivity contribution < 1.29 is 9.53 Å². The van der Waals surface area contributed by atoms with Gasteiger partial charge in [0.05, 0.1) is 7.11 Å². The third-order valence-electron chi connectivity index (χ3n) is 4.79. The van der Waals surface area contributed by atoms with E-state index in [2.05, 4.69) is 82.3 Å². The second kappa shape index (κ2) is 5.83. The molecule has 0 saturated carbocycles. The number of allylic oxidation sites excluding steroid dienone is 1. The van der Waals surface area contributed by atoms with Crippen LogP contribution in [0.1, 0.15) is 63.0 Å². The Balaban J connectivity index is 2.51. The average molecular weight is 448 g/mol. The summed E-state index contributed by atoms with van der Waals surface area (Å²) in [7, 11) is 1.72. The van der Waals surface area contributed by atoms with Crippen LogP contribution in [0.5, 0.6) is 5.75 Å². The minimum absolute atomic E-state index is 0.0470. The van der Waals surface area contributed by atoms with Crippen molar-refractivity contribution in [1.82, 2.24) is 0 Å². The summed E-state index contributed by atoms with van der Waals surface area (Å²) in [6.45, 7) is 12.9. The highest BCUT2D eigenvalue weighted by Crippen LogP contribution is 2.45. The Morgan fingerprint density at radius 2 is 1.60 bits per heavy atom. The van der Waals surface area contributed by atoms with E-state index in [0.717, 1.165) is 36.8 Å². The molecular weight excluding hydrogens is 423 g/mol. The molecule has 2 aromatic rings. The van der Waals surface area contributed by atoms with Gasteiger partial charge in [-0.3, -0.25) is 4.79 Å². The van der Waals surface area contributed by atoms with Crippen molar-refractivity contribution in [3.05, 3.63) is 44.0 Å². The van der Waals surface area contributed by atoms with Crippen molar-refractivity contribution in [1.29, 1.82) is 0 Å². The molecule has 0 fully saturated rings. The van der Waals surface area contributed by atoms with Crippen LogP contribution in [-0.2, 0) is 5.41 Å². The topological polar surface area (TPSA) is 26.3 Å². The molecule has 0 heterocycles. The fraction of sp³-hybridized carbons (Fsp3) is 0.409. The summed E-state index contributed by atoms with van der Waals surface area (Å²) < 4.78 is 6.87. The lowest BCUT2D eigenvalue weighted by molar-refractivity contribution is 0.101. The van der Waals surface area contributed by atoms with E-state index in [1.807, 2.05) is 6.07 Å². The maximum atomic E-state index is 13.2. The summed E-state index contributed by atoms with van der Waals surface area (Å²) >= 11 is 2.29. The molecule has 0 aromatic heterocycles. The van der Waals surface area contributed by atoms with E-state index < -0.39 is 0 Å². The Kier molecular flexibility index (Phi) is 4.30. The third-order valence-corrected chi connectivity index (χ3v) is 5.41. The fourth-order valence-corrected chi connectivity index (χ4v) is 4.15. The lowest BCUT2D eigenvalue weighted by Gasteiger charge is -2.29. The standard InChI is InChI=1S/C22H25IO2/c1-21(2,3)16-8-12-9-17(22(4,5)6)20(25-7)15-11-13(23)10-14(18(12)15)19(16)24/h8-11H,1-7H3. The third kappa shape index (κ3) is 3.01. The molecule has 0 radical (unpaired) electrons. The number of ether oxygens (including phenoxy) is 1. The van der Waals surface area contributed by atoms with Crippen molar-refractivity contribution in [2.24, 2.45) is 5.41 Å². The van der Waals surface area contributed by atoms with Gasteiger partial charge in [-0.2, -0.15) is 0 Å². The number of halogens is 1. The number of hydrogen-bond acceptors (Lipinski definition) is 2. The molecule has 1 aliphatic carbocycles. The van der Waals surface area contributed by atoms with Crippen LogP contribution in [0.4, 0.5) is 0 Å². The molecule has 0 aliphatic heterocycles. The summed E-state index contributed by atoms with van der Waals surface area (Å²) in [6, 6.07) is 6.33. The van der Waals surface area contributed by atoms with Gasteiger partial charge >= 0.3 is 0 Å². The summed E-state index contributed by atoms with van der Waals surface area (Å²) in [5.74, 6) is 1.01. The van der Waals surface area contributed by atoms with Crippen LogP contribution in [0, 0.1) is 8.99 Å². The predicted octanol–water partition coefficient (Wildman–Crippen LogP) is 6.38. The summed E-state index contributed by atoms with van der Waals surface area (Å²) in [4.78, 5) is 13.2. The summed E-state index contributed by atoms with van der Waals surface area (Å²) in [6.07, 6.45) is 2.08. The Labute approximate surface area is 163 Å². The molecule has 2 aromatic carbocycles. The first-order valence-corrected chi connectivity index (χ1v) is 9.64. The second-order valence-electron chi connectivity index (χ2n) is 8.81. The van der Waals surface area contributed by atoms with Crippen LogP contribution in [0.25, 0.3) is 16.8 Å². The van der Waals surface area contributed by atoms with Gasteiger partial charge in [0, 0.05) is 31.0 Å². The normalized spacial score (nSPS) is 14.7. The van der Waals surface area contributed by atoms with E-state index in [9.17, 15) is 4.79 Å². The maximum Gasteiger partial charge on any atom is 0.190 e. The zero-order valence-electron chi connectivity index (χ0n) is 16.0. The Morgan fingerprint density at radius 1 is 0.960 bits per heavy atom. The number of carbonyl (C=O) groups is 1. The number of hydrogen-bond donors (Lipinski definition) is 0. The molecule has 0 atom stereocenters. The quantitative estimate of drug-likeness (QED) is 0.474. The Morgan fingerprint density at radius 3 is 2.12 bits per heavy atom. The minimum Gasteiger partial charge on any atom is -0.496 e. The van der Waals surface area contributed by atoms with Gasteiger partial charge in [0.2, 0.25) is 0 Å². The lowest BCUT2D eigenvalue weighted by atomic mass is 9.75. The van der Waals surface area contributed by atoms with Crippen molar-refractivity contribution in [3.8, 4) is 5.75 Å². The van der Waals surface area contributed by atoms with Gasteiger partial charge in [-0.15, -0.1) is 0 Å². The van der Waals surface area contributed by atoms with Crippen molar-refractivity contribution in [3.63, 3.8) is 0 Å². The van der Waals surface area contributed by atoms with E-state index in [1.165, 1.54) is 5.56 Å². The molecule has 1 aliphatic rings. The maximum absolute atomic E-state index is 13.2. The molecule has 0 bridgehead atoms. The molecule has 2 nitrogen and oxygen atoms in total. The molecule has 132 valence electrons. The molecule has 3 heteroatoms. The van der Waals surface area contributed by atoms with E-state index in [4.69, 9.17) is 4.74 Å². The van der Waals surface area contributed by atoms with Gasteiger partial charge in [-0.1, -0.05) is 41.5 Å². The lowest BCUT2D eigenvalue weighted by Crippen LogP contribution is -2.22. The fourth-order valence-electron chi connectivity index (χ4n) is 3.53. The number of benzene rings is 2. The van der Waals surface area contributed by atoms with Gasteiger partial charge in [-0.05, 0) is 63.3 Å². The van der Waals surface area contributed by atoms with Crippen molar-refractivity contribution in [2.75, 3.05) is 7.11 Å². The van der Waals surface area contributed by atoms with Crippen LogP contribution < -0.4 is 4.74 Å². The van der Waals surface area contributed by atoms with Gasteiger partial charge in [-0.25, -0.2) is 0 Å². The molecule has 0 spiro atoms. The monoisotopic (exact) mass is 448 g/mol. The molecule has 3 rings (SSSR count). The molecule has 0 N–H and O–H groups in total. The predicted molar refractivity (Wildman–Crippen MR) is 114 cm³/mol. The van der Waals surface area contributed by atoms with Crippen LogP contribution in [0.15, 0.2) is 23.8 Å². The molecule has 25 heavy (non-hydrogen) atoms. The SMILES string of the molecule is COc1c(C(C)(C)C)cc2c3c(cc(I)cc13)C(=O)C(C(C)(C)C)=C2. The first-order valence-electron chi connectivity index (χ1n) is 8.56. The van der Waals surface area contributed by atoms with Crippen LogP contribution in [-0.4, -0.2) is 12.9 Å². The van der Waals surface area contributed by atoms with Crippen LogP contribution in [0.2, 0.25) is 0 Å². The van der Waals surface area contributed by atoms with E-state index in [1.54, 1.807) is 7.11 Å². The van der Waals surface area contributed by atoms with Crippen LogP contribution in [0.3, 0.4) is 0 Å². The van der Waals surface area contributed by atoms with E-state index in [0.29, 0.717) is 0 Å². The smallest absolute Gasteiger partial charge is 0.190 e. The van der Waals surface area contributed by atoms with Crippen molar-refractivity contribution in [2.45, 2.75) is 47.0 Å². The first kappa shape index (κ1) is 18.4. The zero-order valence-corrected chi connectivity index (χ0v) is 18.2. The molecule has 0 amide bonds. The summed E-state index contributed by atoms with van der Waals surface area (Å²) in [5.41, 5.74) is 3.72. The van der Waals surface area contributed by atoms with E-state index >= 15 is 0 Å². The molecule has 0 saturated heterocycles. The van der Waals surface area contributed by atoms with Crippen molar-refractivity contribution >= 4 is 45.2 Å². The Hall–Kier alpha value is -1.36. The highest BCUT2D eigenvalue weighted by Gasteiger charge is 2.32. The average Bonchev–Trinajstić information content (AvgIpc) is 2.47. The van der Waals surface area contributed by atoms with Gasteiger partial charge in [0.15, 0.2) is 5.78 Å². The number of Topliss-reactive ketones (excluding diaryl/α,β-unsaturated/α-hetero) is 1. The zero-order chi connectivity index (χ0) is 18.7. The van der Waals surface area contributed by atoms with Gasteiger partial charge in [0.1, 0.15) is 5.75 Å². The summed E-state index contributed by atoms with van der Waals surface area (Å²) in [5, 5.41) is 2.05. The van der Waals surface area contributed by atoms with Gasteiger partial charge in [0.25, 0.3) is 0 Å². The second-order valence-corrected chi connectivity index (χ2v) is 10.1. The van der Waals surface area contributed by atoms with E-state index in [-0.39, 0.29) is 16.6 Å². The molecular formula is C22H25IO2. The largest absolute Gasteiger partial charge is 0.496 e. The van der Waals surface area contributed by atoms with Crippen LogP contribution >= 0.6 is 22.6 Å². The minimum atomic E-state index is -0.190. The number of carbonyl (C=O) groups excluding carboxylic acids is 1. The molecule has 0 unspecified atom stereocenters.